The maximum Gasteiger partial charge on any atom is 0.252 e. The Hall–Kier alpha value is -2.78. The van der Waals surface area contributed by atoms with Crippen molar-refractivity contribution in [2.24, 2.45) is 0 Å². The molecular weight excluding hydrogens is 426 g/mol. The number of carbonyl (C=O) groups excluding carboxylic acids is 1. The number of carbonyl (C=O) groups is 1. The van der Waals surface area contributed by atoms with E-state index in [4.69, 9.17) is 4.98 Å². The van der Waals surface area contributed by atoms with Gasteiger partial charge < -0.3 is 10.2 Å². The average Bonchev–Trinajstić information content (AvgIpc) is 3.26. The molecule has 1 aliphatic rings. The smallest absolute Gasteiger partial charge is 0.252 e. The lowest BCUT2D eigenvalue weighted by atomic mass is 10.0. The molecule has 1 aromatic carbocycles. The molecule has 1 fully saturated rings. The monoisotopic (exact) mass is 455 g/mol. The normalized spacial score (nSPS) is 17.8. The van der Waals surface area contributed by atoms with E-state index in [0.29, 0.717) is 41.0 Å². The van der Waals surface area contributed by atoms with Crippen molar-refractivity contribution < 1.29 is 13.2 Å². The van der Waals surface area contributed by atoms with Crippen molar-refractivity contribution in [2.75, 3.05) is 38.7 Å². The molecule has 170 valence electrons. The van der Waals surface area contributed by atoms with E-state index in [9.17, 15) is 13.2 Å². The van der Waals surface area contributed by atoms with Gasteiger partial charge in [-0.05, 0) is 40.4 Å². The molecule has 3 aromatic rings. The lowest BCUT2D eigenvalue weighted by Crippen LogP contribution is -2.31. The molecule has 1 amide bonds. The number of pyridine rings is 1. The van der Waals surface area contributed by atoms with Crippen LogP contribution in [0.1, 0.15) is 34.1 Å². The molecule has 0 saturated carbocycles. The van der Waals surface area contributed by atoms with Gasteiger partial charge in [-0.2, -0.15) is 5.10 Å². The predicted octanol–water partition coefficient (Wildman–Crippen LogP) is 2.37. The Labute approximate surface area is 188 Å². The van der Waals surface area contributed by atoms with Crippen LogP contribution in [0.4, 0.5) is 0 Å². The molecule has 1 N–H and O–H groups in total. The Balaban J connectivity index is 1.85. The van der Waals surface area contributed by atoms with E-state index in [2.05, 4.69) is 10.4 Å². The van der Waals surface area contributed by atoms with Gasteiger partial charge in [0, 0.05) is 18.7 Å². The highest BCUT2D eigenvalue weighted by atomic mass is 32.2. The van der Waals surface area contributed by atoms with Crippen LogP contribution in [0.2, 0.25) is 0 Å². The number of fused-ring (bicyclic) bond motifs is 1. The van der Waals surface area contributed by atoms with Crippen LogP contribution in [0.3, 0.4) is 0 Å². The Kier molecular flexibility index (Phi) is 6.05. The number of rotatable bonds is 6. The van der Waals surface area contributed by atoms with E-state index < -0.39 is 9.84 Å². The number of nitrogens with one attached hydrogen (secondary N) is 1. The highest BCUT2D eigenvalue weighted by molar-refractivity contribution is 7.91. The van der Waals surface area contributed by atoms with Crippen LogP contribution >= 0.6 is 0 Å². The van der Waals surface area contributed by atoms with Gasteiger partial charge in [0.1, 0.15) is 0 Å². The van der Waals surface area contributed by atoms with Gasteiger partial charge in [-0.3, -0.25) is 4.79 Å². The first-order valence-corrected chi connectivity index (χ1v) is 12.6. The molecule has 1 saturated heterocycles. The van der Waals surface area contributed by atoms with E-state index in [1.807, 2.05) is 63.2 Å². The second-order valence-electron chi connectivity index (χ2n) is 8.77. The Bertz CT molecular complexity index is 1260. The molecule has 1 atom stereocenters. The van der Waals surface area contributed by atoms with Crippen molar-refractivity contribution in [3.8, 4) is 11.3 Å². The van der Waals surface area contributed by atoms with Gasteiger partial charge in [0.15, 0.2) is 15.5 Å². The molecule has 2 aromatic heterocycles. The topological polar surface area (TPSA) is 97.2 Å². The van der Waals surface area contributed by atoms with Crippen LogP contribution in [-0.2, 0) is 9.84 Å². The second-order valence-corrected chi connectivity index (χ2v) is 11.0. The molecule has 0 bridgehead atoms. The van der Waals surface area contributed by atoms with Crippen molar-refractivity contribution >= 4 is 26.8 Å². The lowest BCUT2D eigenvalue weighted by molar-refractivity contribution is 0.0952. The maximum atomic E-state index is 13.2. The van der Waals surface area contributed by atoms with Crippen molar-refractivity contribution in [3.63, 3.8) is 0 Å². The van der Waals surface area contributed by atoms with E-state index in [-0.39, 0.29) is 23.5 Å². The summed E-state index contributed by atoms with van der Waals surface area (Å²) >= 11 is 0. The van der Waals surface area contributed by atoms with E-state index in [0.717, 1.165) is 17.7 Å². The minimum Gasteiger partial charge on any atom is -0.351 e. The first kappa shape index (κ1) is 22.4. The average molecular weight is 456 g/mol. The van der Waals surface area contributed by atoms with Gasteiger partial charge in [0.2, 0.25) is 0 Å². The van der Waals surface area contributed by atoms with Crippen LogP contribution in [-0.4, -0.2) is 72.7 Å². The van der Waals surface area contributed by atoms with E-state index in [1.165, 1.54) is 0 Å². The van der Waals surface area contributed by atoms with Gasteiger partial charge in [0.05, 0.1) is 39.9 Å². The van der Waals surface area contributed by atoms with Crippen LogP contribution in [0.25, 0.3) is 22.3 Å². The zero-order valence-electron chi connectivity index (χ0n) is 18.9. The summed E-state index contributed by atoms with van der Waals surface area (Å²) in [6, 6.07) is 9.49. The second kappa shape index (κ2) is 8.63. The number of benzene rings is 1. The van der Waals surface area contributed by atoms with Gasteiger partial charge in [-0.15, -0.1) is 0 Å². The van der Waals surface area contributed by atoms with Crippen molar-refractivity contribution in [3.05, 3.63) is 47.2 Å². The van der Waals surface area contributed by atoms with Gasteiger partial charge >= 0.3 is 0 Å². The first-order valence-electron chi connectivity index (χ1n) is 10.7. The largest absolute Gasteiger partial charge is 0.351 e. The summed E-state index contributed by atoms with van der Waals surface area (Å²) in [6.07, 6.45) is 0.499. The van der Waals surface area contributed by atoms with Crippen LogP contribution in [0.15, 0.2) is 30.3 Å². The third-order valence-corrected chi connectivity index (χ3v) is 7.58. The fourth-order valence-corrected chi connectivity index (χ4v) is 5.77. The first-order chi connectivity index (χ1) is 15.1. The number of amides is 1. The Morgan fingerprint density at radius 1 is 1.22 bits per heavy atom. The summed E-state index contributed by atoms with van der Waals surface area (Å²) in [6.45, 7) is 5.10. The number of hydrogen-bond acceptors (Lipinski definition) is 6. The molecule has 0 spiro atoms. The predicted molar refractivity (Wildman–Crippen MR) is 126 cm³/mol. The standard InChI is InChI=1S/C23H29N5O3S/c1-15-5-7-17(8-6-15)20-13-19(23(29)24-10-11-27(3)4)21-16(2)26-28(22(21)25-20)18-9-12-32(30,31)14-18/h5-8,13,18H,9-12,14H2,1-4H3,(H,24,29). The van der Waals surface area contributed by atoms with Crippen molar-refractivity contribution in [1.82, 2.24) is 25.0 Å². The molecular formula is C23H29N5O3S. The molecule has 0 radical (unpaired) electrons. The summed E-state index contributed by atoms with van der Waals surface area (Å²) in [5.41, 5.74) is 4.43. The minimum absolute atomic E-state index is 0.0457. The number of aromatic nitrogens is 3. The number of nitrogens with zero attached hydrogens (tertiary/aromatic N) is 4. The van der Waals surface area contributed by atoms with E-state index in [1.54, 1.807) is 4.68 Å². The summed E-state index contributed by atoms with van der Waals surface area (Å²) in [5.74, 6) is 0.00626. The Morgan fingerprint density at radius 3 is 2.56 bits per heavy atom. The van der Waals surface area contributed by atoms with Crippen LogP contribution in [0.5, 0.6) is 0 Å². The number of hydrogen-bond donors (Lipinski definition) is 1. The fourth-order valence-electron chi connectivity index (χ4n) is 4.08. The maximum absolute atomic E-state index is 13.2. The molecule has 1 aliphatic heterocycles. The van der Waals surface area contributed by atoms with Crippen molar-refractivity contribution in [2.45, 2.75) is 26.3 Å². The molecule has 8 nitrogen and oxygen atoms in total. The molecule has 9 heteroatoms. The zero-order chi connectivity index (χ0) is 23.0. The summed E-state index contributed by atoms with van der Waals surface area (Å²) in [7, 11) is 0.820. The number of sulfone groups is 1. The Morgan fingerprint density at radius 2 is 1.94 bits per heavy atom. The summed E-state index contributed by atoms with van der Waals surface area (Å²) < 4.78 is 25.9. The third kappa shape index (κ3) is 4.54. The van der Waals surface area contributed by atoms with Crippen molar-refractivity contribution in [1.29, 1.82) is 0 Å². The highest BCUT2D eigenvalue weighted by Crippen LogP contribution is 2.32. The molecule has 0 aliphatic carbocycles. The zero-order valence-corrected chi connectivity index (χ0v) is 19.7. The van der Waals surface area contributed by atoms with Gasteiger partial charge in [-0.1, -0.05) is 29.8 Å². The number of likely N-dealkylation sites (N-methyl/N-ethyl adjacent to an activating group) is 1. The molecule has 1 unspecified atom stereocenters. The lowest BCUT2D eigenvalue weighted by Gasteiger charge is -2.13. The molecule has 32 heavy (non-hydrogen) atoms. The highest BCUT2D eigenvalue weighted by Gasteiger charge is 2.32. The van der Waals surface area contributed by atoms with Crippen LogP contribution in [0, 0.1) is 13.8 Å². The third-order valence-electron chi connectivity index (χ3n) is 5.83. The number of aryl methyl sites for hydroxylation is 2. The van der Waals surface area contributed by atoms with E-state index >= 15 is 0 Å². The quantitative estimate of drug-likeness (QED) is 0.613. The van der Waals surface area contributed by atoms with Gasteiger partial charge in [-0.25, -0.2) is 18.1 Å². The minimum atomic E-state index is -3.09. The SMILES string of the molecule is Cc1ccc(-c2cc(C(=O)NCCN(C)C)c3c(C)nn(C4CCS(=O)(=O)C4)c3n2)cc1. The fraction of sp³-hybridized carbons (Fsp3) is 0.435. The molecule has 3 heterocycles. The summed E-state index contributed by atoms with van der Waals surface area (Å²) in [5, 5.41) is 8.30. The summed E-state index contributed by atoms with van der Waals surface area (Å²) in [4.78, 5) is 20.0. The van der Waals surface area contributed by atoms with Crippen LogP contribution < -0.4 is 5.32 Å². The molecule has 4 rings (SSSR count). The van der Waals surface area contributed by atoms with Gasteiger partial charge in [0.25, 0.3) is 5.91 Å².